The normalized spacial score (nSPS) is 28.4. The minimum absolute atomic E-state index is 0.0493. The summed E-state index contributed by atoms with van der Waals surface area (Å²) in [4.78, 5) is 26.9. The van der Waals surface area contributed by atoms with Crippen LogP contribution in [0.4, 0.5) is 0 Å². The third-order valence-corrected chi connectivity index (χ3v) is 4.74. The summed E-state index contributed by atoms with van der Waals surface area (Å²) in [6.45, 7) is 6.96. The van der Waals surface area contributed by atoms with E-state index in [9.17, 15) is 9.59 Å². The predicted octanol–water partition coefficient (Wildman–Crippen LogP) is 2.33. The second-order valence-corrected chi connectivity index (χ2v) is 6.44. The van der Waals surface area contributed by atoms with Crippen LogP contribution in [-0.4, -0.2) is 35.3 Å². The molecule has 4 nitrogen and oxygen atoms in total. The number of hydrogen-bond acceptors (Lipinski definition) is 2. The second-order valence-electron chi connectivity index (χ2n) is 6.44. The van der Waals surface area contributed by atoms with Crippen LogP contribution in [0.3, 0.4) is 0 Å². The lowest BCUT2D eigenvalue weighted by Crippen LogP contribution is -2.65. The molecule has 0 aromatic rings. The largest absolute Gasteiger partial charge is 0.342 e. The molecule has 20 heavy (non-hydrogen) atoms. The third-order valence-electron chi connectivity index (χ3n) is 4.74. The van der Waals surface area contributed by atoms with Gasteiger partial charge in [0, 0.05) is 6.54 Å². The van der Waals surface area contributed by atoms with Crippen LogP contribution in [0.1, 0.15) is 59.3 Å². The fraction of sp³-hybridized carbons (Fsp3) is 0.875. The number of nitrogens with one attached hydrogen (secondary N) is 1. The van der Waals surface area contributed by atoms with Crippen LogP contribution in [0.25, 0.3) is 0 Å². The Morgan fingerprint density at radius 2 is 1.95 bits per heavy atom. The molecule has 0 aromatic carbocycles. The Bertz CT molecular complexity index is 365. The van der Waals surface area contributed by atoms with Crippen molar-refractivity contribution in [1.29, 1.82) is 0 Å². The van der Waals surface area contributed by atoms with Gasteiger partial charge in [0.1, 0.15) is 12.1 Å². The fourth-order valence-corrected chi connectivity index (χ4v) is 3.05. The molecule has 0 bridgehead atoms. The molecule has 2 aliphatic rings. The molecule has 1 aliphatic carbocycles. The van der Waals surface area contributed by atoms with E-state index in [2.05, 4.69) is 26.1 Å². The number of hydrogen-bond donors (Lipinski definition) is 1. The second kappa shape index (κ2) is 6.59. The van der Waals surface area contributed by atoms with E-state index in [0.717, 1.165) is 38.1 Å². The summed E-state index contributed by atoms with van der Waals surface area (Å²) in [5.41, 5.74) is 0. The summed E-state index contributed by atoms with van der Waals surface area (Å²) >= 11 is 0. The number of carbonyl (C=O) groups is 2. The maximum Gasteiger partial charge on any atom is 0.245 e. The summed E-state index contributed by atoms with van der Waals surface area (Å²) in [7, 11) is 0. The van der Waals surface area contributed by atoms with Crippen LogP contribution in [0.2, 0.25) is 0 Å². The van der Waals surface area contributed by atoms with Gasteiger partial charge in [-0.2, -0.15) is 0 Å². The maximum atomic E-state index is 12.6. The first-order valence-electron chi connectivity index (χ1n) is 8.19. The van der Waals surface area contributed by atoms with Gasteiger partial charge in [-0.3, -0.25) is 9.59 Å². The van der Waals surface area contributed by atoms with Gasteiger partial charge in [-0.25, -0.2) is 0 Å². The van der Waals surface area contributed by atoms with E-state index < -0.39 is 0 Å². The maximum absolute atomic E-state index is 12.6. The molecular weight excluding hydrogens is 252 g/mol. The number of amides is 2. The van der Waals surface area contributed by atoms with Crippen molar-refractivity contribution in [3.63, 3.8) is 0 Å². The molecule has 3 unspecified atom stereocenters. The molecule has 1 aliphatic heterocycles. The molecule has 2 fully saturated rings. The molecule has 114 valence electrons. The lowest BCUT2D eigenvalue weighted by Gasteiger charge is -2.41. The Balaban J connectivity index is 2.10. The van der Waals surface area contributed by atoms with E-state index in [1.54, 1.807) is 0 Å². The van der Waals surface area contributed by atoms with Crippen molar-refractivity contribution < 1.29 is 9.59 Å². The molecule has 2 amide bonds. The zero-order chi connectivity index (χ0) is 14.7. The van der Waals surface area contributed by atoms with Crippen molar-refractivity contribution in [1.82, 2.24) is 10.2 Å². The minimum atomic E-state index is -0.299. The number of piperazine rings is 1. The zero-order valence-corrected chi connectivity index (χ0v) is 13.0. The first kappa shape index (κ1) is 15.3. The smallest absolute Gasteiger partial charge is 0.245 e. The average molecular weight is 280 g/mol. The molecule has 0 radical (unpaired) electrons. The monoisotopic (exact) mass is 280 g/mol. The molecule has 2 rings (SSSR count). The highest BCUT2D eigenvalue weighted by molar-refractivity contribution is 5.97. The van der Waals surface area contributed by atoms with Crippen molar-refractivity contribution in [3.05, 3.63) is 0 Å². The van der Waals surface area contributed by atoms with E-state index in [4.69, 9.17) is 0 Å². The highest BCUT2D eigenvalue weighted by Crippen LogP contribution is 2.33. The number of carbonyl (C=O) groups excluding carboxylic acids is 2. The summed E-state index contributed by atoms with van der Waals surface area (Å²) in [5.74, 6) is 1.20. The van der Waals surface area contributed by atoms with Gasteiger partial charge in [0.15, 0.2) is 0 Å². The van der Waals surface area contributed by atoms with Crippen molar-refractivity contribution in [3.8, 4) is 0 Å². The predicted molar refractivity (Wildman–Crippen MR) is 79.1 cm³/mol. The lowest BCUT2D eigenvalue weighted by molar-refractivity contribution is -0.151. The summed E-state index contributed by atoms with van der Waals surface area (Å²) < 4.78 is 0. The Kier molecular flexibility index (Phi) is 5.06. The first-order chi connectivity index (χ1) is 9.58. The van der Waals surface area contributed by atoms with Gasteiger partial charge in [-0.05, 0) is 24.7 Å². The van der Waals surface area contributed by atoms with E-state index in [-0.39, 0.29) is 29.8 Å². The molecular formula is C16H28N2O2. The number of rotatable bonds is 7. The number of nitrogens with zero attached hydrogens (tertiary/aromatic N) is 1. The van der Waals surface area contributed by atoms with Gasteiger partial charge >= 0.3 is 0 Å². The van der Waals surface area contributed by atoms with Crippen molar-refractivity contribution in [2.24, 2.45) is 11.8 Å². The molecule has 3 atom stereocenters. The summed E-state index contributed by atoms with van der Waals surface area (Å²) in [6, 6.07) is -0.564. The SMILES string of the molecule is CCCC1NC(=O)C(C(C)CC)N(CCC2CC2)C1=O. The topological polar surface area (TPSA) is 49.4 Å². The Labute approximate surface area is 122 Å². The third kappa shape index (κ3) is 3.33. The standard InChI is InChI=1S/C16H28N2O2/c1-4-6-13-16(20)18(10-9-12-7-8-12)14(11(3)5-2)15(19)17-13/h11-14H,4-10H2,1-3H3,(H,17,19). The lowest BCUT2D eigenvalue weighted by atomic mass is 9.92. The average Bonchev–Trinajstić information content (AvgIpc) is 3.24. The first-order valence-corrected chi connectivity index (χ1v) is 8.19. The molecule has 1 saturated carbocycles. The van der Waals surface area contributed by atoms with Crippen molar-refractivity contribution >= 4 is 11.8 Å². The van der Waals surface area contributed by atoms with Crippen LogP contribution in [-0.2, 0) is 9.59 Å². The van der Waals surface area contributed by atoms with Crippen LogP contribution in [0.5, 0.6) is 0 Å². The van der Waals surface area contributed by atoms with Gasteiger partial charge in [-0.15, -0.1) is 0 Å². The van der Waals surface area contributed by atoms with E-state index >= 15 is 0 Å². The summed E-state index contributed by atoms with van der Waals surface area (Å²) in [6.07, 6.45) is 6.23. The molecule has 0 spiro atoms. The fourth-order valence-electron chi connectivity index (χ4n) is 3.05. The minimum Gasteiger partial charge on any atom is -0.342 e. The van der Waals surface area contributed by atoms with Gasteiger partial charge in [0.2, 0.25) is 11.8 Å². The molecule has 1 heterocycles. The van der Waals surface area contributed by atoms with Crippen molar-refractivity contribution in [2.75, 3.05) is 6.54 Å². The van der Waals surface area contributed by atoms with Gasteiger partial charge in [0.25, 0.3) is 0 Å². The molecule has 1 saturated heterocycles. The Hall–Kier alpha value is -1.06. The van der Waals surface area contributed by atoms with E-state index in [0.29, 0.717) is 0 Å². The Morgan fingerprint density at radius 1 is 1.25 bits per heavy atom. The molecule has 1 N–H and O–H groups in total. The van der Waals surface area contributed by atoms with E-state index in [1.807, 2.05) is 4.90 Å². The van der Waals surface area contributed by atoms with Gasteiger partial charge < -0.3 is 10.2 Å². The van der Waals surface area contributed by atoms with Crippen LogP contribution in [0, 0.1) is 11.8 Å². The highest BCUT2D eigenvalue weighted by atomic mass is 16.2. The van der Waals surface area contributed by atoms with Crippen LogP contribution >= 0.6 is 0 Å². The Morgan fingerprint density at radius 3 is 2.50 bits per heavy atom. The van der Waals surface area contributed by atoms with Crippen molar-refractivity contribution in [2.45, 2.75) is 71.4 Å². The van der Waals surface area contributed by atoms with Gasteiger partial charge in [-0.1, -0.05) is 46.5 Å². The molecule has 0 aromatic heterocycles. The quantitative estimate of drug-likeness (QED) is 0.778. The summed E-state index contributed by atoms with van der Waals surface area (Å²) in [5, 5.41) is 2.94. The molecule has 4 heteroatoms. The van der Waals surface area contributed by atoms with E-state index in [1.165, 1.54) is 12.8 Å². The van der Waals surface area contributed by atoms with Gasteiger partial charge in [0.05, 0.1) is 0 Å². The highest BCUT2D eigenvalue weighted by Gasteiger charge is 2.42. The van der Waals surface area contributed by atoms with Crippen LogP contribution in [0.15, 0.2) is 0 Å². The zero-order valence-electron chi connectivity index (χ0n) is 13.0. The van der Waals surface area contributed by atoms with Crippen LogP contribution < -0.4 is 5.32 Å².